The molecule has 12 rings (SSSR count). The summed E-state index contributed by atoms with van der Waals surface area (Å²) < 4.78 is 40.6. The zero-order valence-corrected chi connectivity index (χ0v) is 49.6. The first-order chi connectivity index (χ1) is 40.2. The third-order valence-electron chi connectivity index (χ3n) is 17.5. The van der Waals surface area contributed by atoms with E-state index in [2.05, 4.69) is 38.2 Å². The minimum absolute atomic E-state index is 0.0153. The van der Waals surface area contributed by atoms with Crippen molar-refractivity contribution >= 4 is 56.7 Å². The summed E-state index contributed by atoms with van der Waals surface area (Å²) >= 11 is 1.57. The second-order valence-corrected chi connectivity index (χ2v) is 25.7. The van der Waals surface area contributed by atoms with Crippen LogP contribution in [0.3, 0.4) is 0 Å². The van der Waals surface area contributed by atoms with E-state index in [1.165, 1.54) is 11.0 Å². The molecule has 19 nitrogen and oxygen atoms in total. The van der Waals surface area contributed by atoms with E-state index in [1.807, 2.05) is 101 Å². The number of hydrogen-bond donors (Lipinski definition) is 3. The van der Waals surface area contributed by atoms with Gasteiger partial charge in [0.15, 0.2) is 5.76 Å². The molecule has 4 saturated heterocycles. The molecule has 4 aromatic heterocycles. The molecule has 5 aliphatic rings. The van der Waals surface area contributed by atoms with Crippen LogP contribution in [0.1, 0.15) is 127 Å². The summed E-state index contributed by atoms with van der Waals surface area (Å²) in [6, 6.07) is 17.9. The number of piperazine rings is 1. The van der Waals surface area contributed by atoms with Crippen molar-refractivity contribution < 1.29 is 47.7 Å². The number of nitrogens with zero attached hydrogens (tertiary/aromatic N) is 9. The lowest BCUT2D eigenvalue weighted by molar-refractivity contribution is -0.141. The molecule has 3 amide bonds. The Hall–Kier alpha value is -7.49. The van der Waals surface area contributed by atoms with Gasteiger partial charge in [0.2, 0.25) is 11.8 Å². The molecule has 3 unspecified atom stereocenters. The van der Waals surface area contributed by atoms with Gasteiger partial charge < -0.3 is 44.1 Å². The number of thiazole rings is 1. The van der Waals surface area contributed by atoms with Crippen molar-refractivity contribution in [2.75, 3.05) is 57.4 Å². The van der Waals surface area contributed by atoms with Gasteiger partial charge in [-0.3, -0.25) is 24.4 Å². The lowest BCUT2D eigenvalue weighted by Gasteiger charge is -2.42. The zero-order valence-electron chi connectivity index (χ0n) is 48.8. The first kappa shape index (κ1) is 57.0. The lowest BCUT2D eigenvalue weighted by atomic mass is 9.79. The Bertz CT molecular complexity index is 3620. The number of piperidine rings is 1. The number of halogens is 1. The van der Waals surface area contributed by atoms with Crippen molar-refractivity contribution in [1.29, 1.82) is 0 Å². The third-order valence-corrected chi connectivity index (χ3v) is 18.5. The predicted molar refractivity (Wildman–Crippen MR) is 316 cm³/mol. The normalized spacial score (nSPS) is 21.9. The van der Waals surface area contributed by atoms with E-state index >= 15 is 4.39 Å². The van der Waals surface area contributed by atoms with Crippen LogP contribution in [0, 0.1) is 12.8 Å². The SMILES string of the molecule is Cc1ncsc1-c1ccc([C@H](C)NC(=O)[C@@H]2C[C@@H](O)CN2C(=O)[C@@H](c2cc(OCC3(F)CCN(CCOc4nc(N5CC6CCC(C5)N6C(=O)OC(C)(C)C)c5cnc6c(c5n4)C(C)c4cccc5cc(O)cc-6c45)CC3)no2)C(C)C)cc1. The van der Waals surface area contributed by atoms with E-state index < -0.39 is 29.3 Å². The third kappa shape index (κ3) is 11.1. The van der Waals surface area contributed by atoms with Gasteiger partial charge in [-0.05, 0) is 111 Å². The molecule has 7 atom stereocenters. The molecule has 0 radical (unpaired) electrons. The quantitative estimate of drug-likeness (QED) is 0.0869. The number of likely N-dealkylation sites (tertiary alicyclic amines) is 2. The number of ether oxygens (including phenoxy) is 3. The van der Waals surface area contributed by atoms with Gasteiger partial charge in [-0.2, -0.15) is 9.97 Å². The molecule has 7 aromatic rings. The molecule has 1 aliphatic carbocycles. The number of pyridine rings is 1. The molecule has 4 fully saturated rings. The fraction of sp³-hybridized carbons (Fsp3) is 0.492. The number of aryl methyl sites for hydroxylation is 1. The van der Waals surface area contributed by atoms with Crippen LogP contribution < -0.4 is 19.7 Å². The summed E-state index contributed by atoms with van der Waals surface area (Å²) in [5, 5.41) is 31.6. The van der Waals surface area contributed by atoms with E-state index in [1.54, 1.807) is 23.5 Å². The maximum absolute atomic E-state index is 16.6. The summed E-state index contributed by atoms with van der Waals surface area (Å²) in [6.07, 6.45) is 2.79. The van der Waals surface area contributed by atoms with Crippen LogP contribution in [-0.4, -0.2) is 156 Å². The topological polar surface area (TPSA) is 222 Å². The first-order valence-corrected chi connectivity index (χ1v) is 30.2. The molecule has 4 aliphatic heterocycles. The molecule has 2 bridgehead atoms. The molecule has 8 heterocycles. The summed E-state index contributed by atoms with van der Waals surface area (Å²) in [5.41, 5.74) is 6.74. The summed E-state index contributed by atoms with van der Waals surface area (Å²) in [6.45, 7) is 17.8. The second kappa shape index (κ2) is 22.5. The average Bonchev–Trinajstić information content (AvgIpc) is 1.92. The average molecular weight is 1170 g/mol. The van der Waals surface area contributed by atoms with Crippen molar-refractivity contribution in [3.63, 3.8) is 0 Å². The van der Waals surface area contributed by atoms with Crippen molar-refractivity contribution in [1.82, 2.24) is 45.1 Å². The number of benzene rings is 3. The molecule has 84 heavy (non-hydrogen) atoms. The molecule has 3 N–H and O–H groups in total. The number of rotatable bonds is 15. The number of phenols is 1. The number of nitrogens with one attached hydrogen (secondary N) is 1. The van der Waals surface area contributed by atoms with Crippen LogP contribution in [-0.2, 0) is 14.3 Å². The Morgan fingerprint density at radius 2 is 1.71 bits per heavy atom. The van der Waals surface area contributed by atoms with Gasteiger partial charge >= 0.3 is 12.1 Å². The minimum Gasteiger partial charge on any atom is -0.508 e. The molecular weight excluding hydrogens is 1090 g/mol. The highest BCUT2D eigenvalue weighted by molar-refractivity contribution is 7.13. The van der Waals surface area contributed by atoms with E-state index in [4.69, 9.17) is 33.7 Å². The summed E-state index contributed by atoms with van der Waals surface area (Å²) in [5.74, 6) is -0.880. The number of anilines is 1. The van der Waals surface area contributed by atoms with E-state index in [9.17, 15) is 24.6 Å². The number of carbonyl (C=O) groups is 3. The number of carbonyl (C=O) groups excluding carboxylic acids is 3. The summed E-state index contributed by atoms with van der Waals surface area (Å²) in [4.78, 5) is 70.2. The van der Waals surface area contributed by atoms with Gasteiger partial charge in [-0.15, -0.1) is 11.3 Å². The molecular formula is C63H73FN10O9S. The number of aromatic nitrogens is 5. The van der Waals surface area contributed by atoms with Crippen LogP contribution >= 0.6 is 11.3 Å². The Morgan fingerprint density at radius 3 is 2.42 bits per heavy atom. The fourth-order valence-corrected chi connectivity index (χ4v) is 14.0. The highest BCUT2D eigenvalue weighted by Gasteiger charge is 2.47. The first-order valence-electron chi connectivity index (χ1n) is 29.3. The Labute approximate surface area is 491 Å². The van der Waals surface area contributed by atoms with Crippen LogP contribution in [0.15, 0.2) is 76.9 Å². The van der Waals surface area contributed by atoms with Gasteiger partial charge in [-0.25, -0.2) is 14.2 Å². The minimum atomic E-state index is -1.66. The second-order valence-electron chi connectivity index (χ2n) is 24.9. The largest absolute Gasteiger partial charge is 0.508 e. The lowest BCUT2D eigenvalue weighted by Crippen LogP contribution is -2.57. The number of aromatic hydroxyl groups is 1. The number of fused-ring (bicyclic) bond motifs is 6. The zero-order chi connectivity index (χ0) is 58.9. The number of aliphatic hydroxyl groups is 1. The highest BCUT2D eigenvalue weighted by Crippen LogP contribution is 2.49. The Morgan fingerprint density at radius 1 is 0.964 bits per heavy atom. The van der Waals surface area contributed by atoms with E-state index in [0.717, 1.165) is 73.1 Å². The van der Waals surface area contributed by atoms with Crippen molar-refractivity contribution in [3.05, 3.63) is 101 Å². The molecule has 0 spiro atoms. The van der Waals surface area contributed by atoms with Crippen LogP contribution in [0.2, 0.25) is 0 Å². The van der Waals surface area contributed by atoms with Crippen molar-refractivity contribution in [3.8, 4) is 39.3 Å². The fourth-order valence-electron chi connectivity index (χ4n) is 13.2. The van der Waals surface area contributed by atoms with E-state index in [-0.39, 0.29) is 110 Å². The Kier molecular flexibility index (Phi) is 15.3. The smallest absolute Gasteiger partial charge is 0.410 e. The molecule has 442 valence electrons. The van der Waals surface area contributed by atoms with Gasteiger partial charge in [0.1, 0.15) is 48.0 Å². The number of alkyl halides is 1. The van der Waals surface area contributed by atoms with Crippen LogP contribution in [0.25, 0.3) is 43.4 Å². The number of phenolic OH excluding ortho intramolecular Hbond substituents is 1. The standard InChI is InChI=1S/C63H73FN10O9S/c1-34(2)51(59(78)73-31-44(76)26-48(73)58(77)67-36(4)38-12-14-39(15-13-38)56-37(5)66-33-84-56)49-27-50(70-83-49)81-32-63(64)18-20-71(21-19-63)22-23-80-60-68-55-47(57(69-60)72-29-41-16-17-42(30-72)74(41)61(79)82-62(6,7)8)28-65-54-46-25-43(75)24-40-10-9-11-45(53(40)46)35(3)52(54)55/h9-15,24-25,27-28,33-36,41-42,44,48,51,75-76H,16-23,26,29-32H2,1-8H3,(H,67,77)/t35?,36-,41?,42?,44+,48-,51+/m0/s1. The maximum Gasteiger partial charge on any atom is 0.410 e. The van der Waals surface area contributed by atoms with Crippen molar-refractivity contribution in [2.24, 2.45) is 5.92 Å². The monoisotopic (exact) mass is 1160 g/mol. The number of aliphatic hydroxyl groups excluding tert-OH is 1. The predicted octanol–water partition coefficient (Wildman–Crippen LogP) is 9.86. The van der Waals surface area contributed by atoms with Crippen LogP contribution in [0.4, 0.5) is 15.0 Å². The summed E-state index contributed by atoms with van der Waals surface area (Å²) in [7, 11) is 0. The number of amides is 3. The van der Waals surface area contributed by atoms with Crippen molar-refractivity contribution in [2.45, 2.75) is 141 Å². The maximum atomic E-state index is 16.6. The number of β-amino-alcohol motifs (C(OH)–C–C–N with tert-alkyl or cyclic N) is 1. The number of hydrogen-bond acceptors (Lipinski definition) is 17. The van der Waals surface area contributed by atoms with Gasteiger partial charge in [0.05, 0.1) is 56.9 Å². The molecule has 21 heteroatoms. The van der Waals surface area contributed by atoms with Gasteiger partial charge in [-0.1, -0.05) is 63.2 Å². The van der Waals surface area contributed by atoms with Crippen LogP contribution in [0.5, 0.6) is 17.6 Å². The van der Waals surface area contributed by atoms with E-state index in [0.29, 0.717) is 44.1 Å². The van der Waals surface area contributed by atoms with Gasteiger partial charge in [0, 0.05) is 75.0 Å². The molecule has 0 saturated carbocycles. The Balaban J connectivity index is 0.689. The molecule has 3 aromatic carbocycles. The highest BCUT2D eigenvalue weighted by atomic mass is 32.1. The van der Waals surface area contributed by atoms with Gasteiger partial charge in [0.25, 0.3) is 5.88 Å².